The van der Waals surface area contributed by atoms with Crippen LogP contribution in [0.3, 0.4) is 0 Å². The summed E-state index contributed by atoms with van der Waals surface area (Å²) >= 11 is 1.64. The van der Waals surface area contributed by atoms with E-state index in [4.69, 9.17) is 4.98 Å². The quantitative estimate of drug-likeness (QED) is 0.385. The molecule has 0 aliphatic carbocycles. The molecule has 1 heterocycles. The smallest absolute Gasteiger partial charge is 0.251 e. The number of rotatable bonds is 5. The van der Waals surface area contributed by atoms with Gasteiger partial charge in [-0.05, 0) is 28.7 Å². The van der Waals surface area contributed by atoms with Gasteiger partial charge in [-0.1, -0.05) is 87.5 Å². The van der Waals surface area contributed by atoms with E-state index >= 15 is 0 Å². The van der Waals surface area contributed by atoms with E-state index < -0.39 is 0 Å². The van der Waals surface area contributed by atoms with Crippen LogP contribution in [0.25, 0.3) is 21.8 Å². The number of hydrogen-bond acceptors (Lipinski definition) is 3. The Morgan fingerprint density at radius 1 is 0.871 bits per heavy atom. The molecule has 0 fully saturated rings. The molecule has 0 saturated heterocycles. The van der Waals surface area contributed by atoms with E-state index in [2.05, 4.69) is 55.7 Å². The van der Waals surface area contributed by atoms with Gasteiger partial charge in [-0.2, -0.15) is 0 Å². The van der Waals surface area contributed by atoms with Gasteiger partial charge in [-0.25, -0.2) is 4.98 Å². The largest absolute Gasteiger partial charge is 0.348 e. The van der Waals surface area contributed by atoms with Crippen molar-refractivity contribution in [3.05, 3.63) is 101 Å². The minimum Gasteiger partial charge on any atom is -0.348 e. The third kappa shape index (κ3) is 5.09. The number of benzene rings is 3. The van der Waals surface area contributed by atoms with E-state index in [0.717, 1.165) is 27.4 Å². The van der Waals surface area contributed by atoms with Crippen LogP contribution < -0.4 is 5.32 Å². The second-order valence-electron chi connectivity index (χ2n) is 8.61. The van der Waals surface area contributed by atoms with Gasteiger partial charge >= 0.3 is 0 Å². The van der Waals surface area contributed by atoms with Crippen LogP contribution in [0.1, 0.15) is 42.3 Å². The van der Waals surface area contributed by atoms with Crippen molar-refractivity contribution >= 4 is 17.2 Å². The second-order valence-corrected chi connectivity index (χ2v) is 9.47. The molecule has 3 nitrogen and oxygen atoms in total. The van der Waals surface area contributed by atoms with Crippen molar-refractivity contribution in [2.45, 2.75) is 32.7 Å². The molecule has 0 atom stereocenters. The molecule has 0 bridgehead atoms. The molecule has 0 aliphatic rings. The molecular weight excluding hydrogens is 400 g/mol. The molecule has 0 saturated carbocycles. The maximum atomic E-state index is 12.5. The van der Waals surface area contributed by atoms with Crippen LogP contribution in [-0.4, -0.2) is 10.9 Å². The van der Waals surface area contributed by atoms with Crippen molar-refractivity contribution in [3.63, 3.8) is 0 Å². The summed E-state index contributed by atoms with van der Waals surface area (Å²) in [6.45, 7) is 6.99. The number of carbonyl (C=O) groups is 1. The Morgan fingerprint density at radius 2 is 1.55 bits per heavy atom. The summed E-state index contributed by atoms with van der Waals surface area (Å²) in [5.41, 5.74) is 6.24. The van der Waals surface area contributed by atoms with Crippen LogP contribution in [0.5, 0.6) is 0 Å². The van der Waals surface area contributed by atoms with Gasteiger partial charge in [0.05, 0.1) is 5.69 Å². The Kier molecular flexibility index (Phi) is 6.01. The zero-order valence-electron chi connectivity index (χ0n) is 18.1. The van der Waals surface area contributed by atoms with Gasteiger partial charge in [-0.3, -0.25) is 4.79 Å². The van der Waals surface area contributed by atoms with Gasteiger partial charge in [0.1, 0.15) is 5.01 Å². The Balaban J connectivity index is 1.38. The Bertz CT molecular complexity index is 1150. The fraction of sp³-hybridized carbons (Fsp3) is 0.185. The minimum absolute atomic E-state index is 0.0584. The molecule has 1 amide bonds. The summed E-state index contributed by atoms with van der Waals surface area (Å²) < 4.78 is 0. The molecule has 4 rings (SSSR count). The number of thiazole rings is 1. The molecule has 31 heavy (non-hydrogen) atoms. The summed E-state index contributed by atoms with van der Waals surface area (Å²) in [5, 5.41) is 6.09. The zero-order chi connectivity index (χ0) is 21.8. The van der Waals surface area contributed by atoms with E-state index in [1.807, 2.05) is 54.6 Å². The molecule has 0 aliphatic heterocycles. The van der Waals surface area contributed by atoms with Crippen molar-refractivity contribution < 1.29 is 4.79 Å². The first-order valence-corrected chi connectivity index (χ1v) is 11.3. The van der Waals surface area contributed by atoms with Crippen molar-refractivity contribution in [2.75, 3.05) is 0 Å². The highest BCUT2D eigenvalue weighted by atomic mass is 32.1. The van der Waals surface area contributed by atoms with Crippen LogP contribution in [0, 0.1) is 0 Å². The molecule has 156 valence electrons. The van der Waals surface area contributed by atoms with Crippen molar-refractivity contribution in [1.82, 2.24) is 10.3 Å². The highest BCUT2D eigenvalue weighted by Crippen LogP contribution is 2.29. The molecule has 4 aromatic rings. The van der Waals surface area contributed by atoms with Gasteiger partial charge in [0.2, 0.25) is 0 Å². The topological polar surface area (TPSA) is 42.0 Å². The van der Waals surface area contributed by atoms with Crippen molar-refractivity contribution in [2.24, 2.45) is 0 Å². The van der Waals surface area contributed by atoms with Crippen LogP contribution in [0.2, 0.25) is 0 Å². The number of carbonyl (C=O) groups excluding carboxylic acids is 1. The number of aromatic nitrogens is 1. The van der Waals surface area contributed by atoms with Crippen LogP contribution in [0.15, 0.2) is 84.2 Å². The van der Waals surface area contributed by atoms with Gasteiger partial charge in [0, 0.05) is 28.6 Å². The molecule has 4 heteroatoms. The Labute approximate surface area is 187 Å². The lowest BCUT2D eigenvalue weighted by atomic mass is 9.87. The van der Waals surface area contributed by atoms with E-state index in [9.17, 15) is 4.79 Å². The van der Waals surface area contributed by atoms with Crippen molar-refractivity contribution in [3.8, 4) is 21.8 Å². The Hall–Kier alpha value is -3.24. The Morgan fingerprint density at radius 3 is 2.19 bits per heavy atom. The summed E-state index contributed by atoms with van der Waals surface area (Å²) in [7, 11) is 0. The molecule has 3 aromatic carbocycles. The van der Waals surface area contributed by atoms with Gasteiger partial charge in [0.25, 0.3) is 5.91 Å². The molecule has 1 aromatic heterocycles. The van der Waals surface area contributed by atoms with E-state index in [-0.39, 0.29) is 11.3 Å². The highest BCUT2D eigenvalue weighted by Gasteiger charge is 2.14. The molecule has 0 radical (unpaired) electrons. The first kappa shape index (κ1) is 21.0. The maximum Gasteiger partial charge on any atom is 0.251 e. The summed E-state index contributed by atoms with van der Waals surface area (Å²) in [5.74, 6) is -0.0584. The van der Waals surface area contributed by atoms with E-state index in [1.54, 1.807) is 11.3 Å². The van der Waals surface area contributed by atoms with Crippen molar-refractivity contribution in [1.29, 1.82) is 0 Å². The molecular formula is C27H26N2OS. The van der Waals surface area contributed by atoms with E-state index in [0.29, 0.717) is 12.1 Å². The standard InChI is InChI=1S/C27H26N2OS/c1-27(2,3)23-15-13-21(14-16-23)25(30)28-17-19-9-11-22(12-10-19)26-29-24(18-31-26)20-7-5-4-6-8-20/h4-16,18H,17H2,1-3H3,(H,28,30). The average molecular weight is 427 g/mol. The zero-order valence-corrected chi connectivity index (χ0v) is 18.9. The van der Waals surface area contributed by atoms with Gasteiger partial charge in [0.15, 0.2) is 0 Å². The summed E-state index contributed by atoms with van der Waals surface area (Å²) in [6.07, 6.45) is 0. The number of nitrogens with zero attached hydrogens (tertiary/aromatic N) is 1. The maximum absolute atomic E-state index is 12.5. The molecule has 0 spiro atoms. The van der Waals surface area contributed by atoms with Crippen LogP contribution >= 0.6 is 11.3 Å². The third-order valence-corrected chi connectivity index (χ3v) is 6.13. The third-order valence-electron chi connectivity index (χ3n) is 5.24. The normalized spacial score (nSPS) is 11.3. The first-order valence-electron chi connectivity index (χ1n) is 10.4. The lowest BCUT2D eigenvalue weighted by Gasteiger charge is -2.19. The summed E-state index contributed by atoms with van der Waals surface area (Å²) in [4.78, 5) is 17.3. The minimum atomic E-state index is -0.0584. The number of amides is 1. The van der Waals surface area contributed by atoms with Crippen LogP contribution in [-0.2, 0) is 12.0 Å². The fourth-order valence-corrected chi connectivity index (χ4v) is 4.15. The average Bonchev–Trinajstić information content (AvgIpc) is 3.28. The number of nitrogens with one attached hydrogen (secondary N) is 1. The second kappa shape index (κ2) is 8.86. The molecule has 1 N–H and O–H groups in total. The highest BCUT2D eigenvalue weighted by molar-refractivity contribution is 7.13. The lowest BCUT2D eigenvalue weighted by Crippen LogP contribution is -2.23. The fourth-order valence-electron chi connectivity index (χ4n) is 3.32. The van der Waals surface area contributed by atoms with Gasteiger partial charge < -0.3 is 5.32 Å². The first-order chi connectivity index (χ1) is 14.9. The molecule has 0 unspecified atom stereocenters. The van der Waals surface area contributed by atoms with Gasteiger partial charge in [-0.15, -0.1) is 11.3 Å². The monoisotopic (exact) mass is 426 g/mol. The van der Waals surface area contributed by atoms with Crippen LogP contribution in [0.4, 0.5) is 0 Å². The SMILES string of the molecule is CC(C)(C)c1ccc(C(=O)NCc2ccc(-c3nc(-c4ccccc4)cs3)cc2)cc1. The predicted molar refractivity (Wildman–Crippen MR) is 129 cm³/mol. The number of hydrogen-bond donors (Lipinski definition) is 1. The van der Waals surface area contributed by atoms with E-state index in [1.165, 1.54) is 5.56 Å². The summed E-state index contributed by atoms with van der Waals surface area (Å²) in [6, 6.07) is 26.3. The predicted octanol–water partition coefficient (Wildman–Crippen LogP) is 6.70. The lowest BCUT2D eigenvalue weighted by molar-refractivity contribution is 0.0951.